The number of hydrogen-bond acceptors (Lipinski definition) is 5. The van der Waals surface area contributed by atoms with Crippen LogP contribution in [0.5, 0.6) is 0 Å². The molecule has 246 valence electrons. The van der Waals surface area contributed by atoms with E-state index in [0.29, 0.717) is 17.5 Å². The normalized spacial score (nSPS) is 13.4. The molecule has 6 aromatic carbocycles. The van der Waals surface area contributed by atoms with E-state index in [0.717, 1.165) is 63.5 Å². The molecule has 6 nitrogen and oxygen atoms in total. The first-order valence-electron chi connectivity index (χ1n) is 17.6. The molecule has 10 rings (SSSR count). The molecule has 0 radical (unpaired) electrons. The molecule has 0 unspecified atom stereocenters. The van der Waals surface area contributed by atoms with Crippen molar-refractivity contribution in [1.29, 1.82) is 0 Å². The lowest BCUT2D eigenvalue weighted by molar-refractivity contribution is 0.901. The molecule has 6 heteroatoms. The van der Waals surface area contributed by atoms with E-state index in [1.54, 1.807) is 0 Å². The number of nitrogens with zero attached hydrogens (tertiary/aromatic N) is 6. The number of benzene rings is 6. The molecule has 1 aliphatic carbocycles. The van der Waals surface area contributed by atoms with Crippen LogP contribution in [0.4, 0.5) is 11.6 Å². The quantitative estimate of drug-likeness (QED) is 0.183. The Kier molecular flexibility index (Phi) is 7.17. The van der Waals surface area contributed by atoms with Crippen molar-refractivity contribution in [1.82, 2.24) is 24.5 Å². The summed E-state index contributed by atoms with van der Waals surface area (Å²) in [5.74, 6) is 2.78. The highest BCUT2D eigenvalue weighted by atomic mass is 15.3. The number of fused-ring (bicyclic) bond motifs is 6. The van der Waals surface area contributed by atoms with E-state index < -0.39 is 0 Å². The van der Waals surface area contributed by atoms with Gasteiger partial charge < -0.3 is 0 Å². The maximum absolute atomic E-state index is 5.26. The predicted octanol–water partition coefficient (Wildman–Crippen LogP) is 11.1. The standard InChI is InChI=1S/C46H32N6/c1-3-13-31(14-4-1)32-23-25-34(26-24-32)44-48-43(33-15-5-2-6-16-33)49-45(50-44)35-27-29-36(30-28-35)51-40-20-10-7-17-37(40)38-18-8-11-21-41(38)52-42-22-12-9-19-39(42)47-46(51)52/h1-9,11-19,21-30H,10,20H2. The van der Waals surface area contributed by atoms with Gasteiger partial charge in [0.15, 0.2) is 17.5 Å². The molecular formula is C46H32N6. The number of para-hydroxylation sites is 3. The lowest BCUT2D eigenvalue weighted by Gasteiger charge is -2.28. The molecular weight excluding hydrogens is 637 g/mol. The summed E-state index contributed by atoms with van der Waals surface area (Å²) in [5, 5.41) is 0. The second-order valence-corrected chi connectivity index (χ2v) is 13.1. The molecule has 0 saturated carbocycles. The Balaban J connectivity index is 1.09. The summed E-state index contributed by atoms with van der Waals surface area (Å²) in [6.45, 7) is 0. The first kappa shape index (κ1) is 29.9. The van der Waals surface area contributed by atoms with Gasteiger partial charge in [-0.15, -0.1) is 0 Å². The van der Waals surface area contributed by atoms with Gasteiger partial charge in [0.1, 0.15) is 0 Å². The molecule has 2 aromatic heterocycles. The zero-order valence-corrected chi connectivity index (χ0v) is 28.3. The SMILES string of the molecule is C1=CC2=C(CC1)N(c1ccc(-c3nc(-c4ccccc4)nc(-c4ccc(-c5ccccc5)cc4)n3)cc1)c1nc3ccccc3n1-c1ccccc12. The number of rotatable bonds is 5. The first-order valence-corrected chi connectivity index (χ1v) is 17.6. The average Bonchev–Trinajstić information content (AvgIpc) is 3.55. The lowest BCUT2D eigenvalue weighted by Crippen LogP contribution is -2.20. The van der Waals surface area contributed by atoms with Crippen molar-refractivity contribution in [2.24, 2.45) is 0 Å². The molecule has 8 aromatic rings. The highest BCUT2D eigenvalue weighted by Crippen LogP contribution is 2.45. The van der Waals surface area contributed by atoms with E-state index in [-0.39, 0.29) is 0 Å². The van der Waals surface area contributed by atoms with Gasteiger partial charge in [-0.25, -0.2) is 19.9 Å². The lowest BCUT2D eigenvalue weighted by atomic mass is 9.94. The Morgan fingerprint density at radius 1 is 0.462 bits per heavy atom. The summed E-state index contributed by atoms with van der Waals surface area (Å²) in [6.07, 6.45) is 6.43. The van der Waals surface area contributed by atoms with Gasteiger partial charge in [0, 0.05) is 39.2 Å². The second-order valence-electron chi connectivity index (χ2n) is 13.1. The smallest absolute Gasteiger partial charge is 0.220 e. The minimum Gasteiger partial charge on any atom is -0.283 e. The molecule has 0 bridgehead atoms. The molecule has 1 aliphatic heterocycles. The van der Waals surface area contributed by atoms with Gasteiger partial charge in [0.2, 0.25) is 5.95 Å². The Hall–Kier alpha value is -6.92. The summed E-state index contributed by atoms with van der Waals surface area (Å²) < 4.78 is 2.30. The van der Waals surface area contributed by atoms with E-state index in [1.165, 1.54) is 22.4 Å². The summed E-state index contributed by atoms with van der Waals surface area (Å²) in [6, 6.07) is 54.5. The van der Waals surface area contributed by atoms with Crippen LogP contribution in [-0.2, 0) is 0 Å². The molecule has 52 heavy (non-hydrogen) atoms. The highest BCUT2D eigenvalue weighted by Gasteiger charge is 2.30. The van der Waals surface area contributed by atoms with Crippen molar-refractivity contribution in [2.75, 3.05) is 4.90 Å². The maximum Gasteiger partial charge on any atom is 0.220 e. The first-order chi connectivity index (χ1) is 25.8. The summed E-state index contributed by atoms with van der Waals surface area (Å²) in [4.78, 5) is 22.6. The predicted molar refractivity (Wildman–Crippen MR) is 210 cm³/mol. The van der Waals surface area contributed by atoms with E-state index in [2.05, 4.69) is 143 Å². The Bertz CT molecular complexity index is 2660. The molecule has 3 heterocycles. The minimum atomic E-state index is 0.624. The molecule has 0 spiro atoms. The van der Waals surface area contributed by atoms with Crippen molar-refractivity contribution >= 4 is 28.2 Å². The van der Waals surface area contributed by atoms with Gasteiger partial charge in [-0.3, -0.25) is 9.47 Å². The van der Waals surface area contributed by atoms with Crippen molar-refractivity contribution < 1.29 is 0 Å². The van der Waals surface area contributed by atoms with Gasteiger partial charge in [0.05, 0.1) is 16.7 Å². The molecule has 0 amide bonds. The van der Waals surface area contributed by atoms with Crippen LogP contribution in [0.1, 0.15) is 18.4 Å². The van der Waals surface area contributed by atoms with Crippen LogP contribution >= 0.6 is 0 Å². The zero-order chi connectivity index (χ0) is 34.4. The van der Waals surface area contributed by atoms with E-state index in [4.69, 9.17) is 19.9 Å². The maximum atomic E-state index is 5.26. The van der Waals surface area contributed by atoms with Gasteiger partial charge in [-0.2, -0.15) is 0 Å². The number of allylic oxidation sites excluding steroid dienone is 4. The largest absolute Gasteiger partial charge is 0.283 e. The third-order valence-electron chi connectivity index (χ3n) is 9.89. The van der Waals surface area contributed by atoms with Crippen molar-refractivity contribution in [3.8, 4) is 51.0 Å². The van der Waals surface area contributed by atoms with Crippen molar-refractivity contribution in [3.63, 3.8) is 0 Å². The molecule has 0 fully saturated rings. The minimum absolute atomic E-state index is 0.624. The third kappa shape index (κ3) is 5.12. The topological polar surface area (TPSA) is 59.7 Å². The fourth-order valence-corrected chi connectivity index (χ4v) is 7.37. The molecule has 0 saturated heterocycles. The van der Waals surface area contributed by atoms with E-state index >= 15 is 0 Å². The van der Waals surface area contributed by atoms with Crippen LogP contribution < -0.4 is 4.90 Å². The third-order valence-corrected chi connectivity index (χ3v) is 9.89. The van der Waals surface area contributed by atoms with Gasteiger partial charge >= 0.3 is 0 Å². The Labute approximate surface area is 301 Å². The number of imidazole rings is 1. The van der Waals surface area contributed by atoms with E-state index in [9.17, 15) is 0 Å². The fourth-order valence-electron chi connectivity index (χ4n) is 7.37. The fraction of sp³-hybridized carbons (Fsp3) is 0.0435. The second kappa shape index (κ2) is 12.4. The zero-order valence-electron chi connectivity index (χ0n) is 28.3. The number of aromatic nitrogens is 5. The van der Waals surface area contributed by atoms with E-state index in [1.807, 2.05) is 36.4 Å². The van der Waals surface area contributed by atoms with Crippen molar-refractivity contribution in [2.45, 2.75) is 12.8 Å². The number of anilines is 2. The van der Waals surface area contributed by atoms with Crippen LogP contribution in [-0.4, -0.2) is 24.5 Å². The summed E-state index contributed by atoms with van der Waals surface area (Å²) in [7, 11) is 0. The van der Waals surface area contributed by atoms with Crippen LogP contribution in [0.2, 0.25) is 0 Å². The summed E-state index contributed by atoms with van der Waals surface area (Å²) in [5.41, 5.74) is 13.0. The van der Waals surface area contributed by atoms with Crippen LogP contribution in [0.15, 0.2) is 176 Å². The van der Waals surface area contributed by atoms with Gasteiger partial charge in [0.25, 0.3) is 0 Å². The van der Waals surface area contributed by atoms with Gasteiger partial charge in [-0.1, -0.05) is 127 Å². The average molecular weight is 669 g/mol. The van der Waals surface area contributed by atoms with Crippen molar-refractivity contribution in [3.05, 3.63) is 181 Å². The highest BCUT2D eigenvalue weighted by molar-refractivity contribution is 5.93. The monoisotopic (exact) mass is 668 g/mol. The van der Waals surface area contributed by atoms with Crippen LogP contribution in [0.25, 0.3) is 67.6 Å². The van der Waals surface area contributed by atoms with Crippen LogP contribution in [0.3, 0.4) is 0 Å². The molecule has 0 N–H and O–H groups in total. The number of hydrogen-bond donors (Lipinski definition) is 0. The van der Waals surface area contributed by atoms with Crippen LogP contribution in [0, 0.1) is 0 Å². The molecule has 0 atom stereocenters. The Morgan fingerprint density at radius 2 is 1.00 bits per heavy atom. The van der Waals surface area contributed by atoms with Gasteiger partial charge in [-0.05, 0) is 66.4 Å². The Morgan fingerprint density at radius 3 is 1.71 bits per heavy atom. The summed E-state index contributed by atoms with van der Waals surface area (Å²) >= 11 is 0. The molecule has 2 aliphatic rings.